The summed E-state index contributed by atoms with van der Waals surface area (Å²) in [4.78, 5) is 11.7. The molecule has 0 heterocycles. The SMILES string of the molecule is CCOc1ccc(OCC(=O)N/N=C\c2cccc(C)c2)cc1. The summed E-state index contributed by atoms with van der Waals surface area (Å²) in [6, 6.07) is 14.9. The molecule has 0 saturated heterocycles. The zero-order valence-corrected chi connectivity index (χ0v) is 13.3. The number of nitrogens with one attached hydrogen (secondary N) is 1. The van der Waals surface area contributed by atoms with E-state index in [2.05, 4.69) is 10.5 Å². The van der Waals surface area contributed by atoms with Crippen molar-refractivity contribution in [3.8, 4) is 11.5 Å². The number of rotatable bonds is 7. The summed E-state index contributed by atoms with van der Waals surface area (Å²) in [7, 11) is 0. The number of hydrazone groups is 1. The molecule has 120 valence electrons. The van der Waals surface area contributed by atoms with Gasteiger partial charge >= 0.3 is 0 Å². The van der Waals surface area contributed by atoms with Crippen molar-refractivity contribution in [2.45, 2.75) is 13.8 Å². The lowest BCUT2D eigenvalue weighted by Gasteiger charge is -2.06. The molecule has 2 aromatic rings. The zero-order valence-electron chi connectivity index (χ0n) is 13.3. The Labute approximate surface area is 135 Å². The van der Waals surface area contributed by atoms with Crippen LogP contribution in [0.3, 0.4) is 0 Å². The number of carbonyl (C=O) groups is 1. The summed E-state index contributed by atoms with van der Waals surface area (Å²) < 4.78 is 10.7. The second kappa shape index (κ2) is 8.58. The van der Waals surface area contributed by atoms with E-state index in [9.17, 15) is 4.79 Å². The van der Waals surface area contributed by atoms with Gasteiger partial charge in [0, 0.05) is 0 Å². The summed E-state index contributed by atoms with van der Waals surface area (Å²) >= 11 is 0. The highest BCUT2D eigenvalue weighted by molar-refractivity contribution is 5.83. The third-order valence-electron chi connectivity index (χ3n) is 2.95. The number of amides is 1. The van der Waals surface area contributed by atoms with Gasteiger partial charge in [-0.15, -0.1) is 0 Å². The molecule has 0 radical (unpaired) electrons. The van der Waals surface area contributed by atoms with Gasteiger partial charge in [-0.1, -0.05) is 29.8 Å². The molecule has 1 N–H and O–H groups in total. The van der Waals surface area contributed by atoms with Gasteiger partial charge < -0.3 is 9.47 Å². The molecule has 0 aliphatic rings. The van der Waals surface area contributed by atoms with Crippen LogP contribution in [0.5, 0.6) is 11.5 Å². The highest BCUT2D eigenvalue weighted by atomic mass is 16.5. The predicted octanol–water partition coefficient (Wildman–Crippen LogP) is 2.92. The molecule has 0 bridgehead atoms. The van der Waals surface area contributed by atoms with Crippen molar-refractivity contribution in [2.24, 2.45) is 5.10 Å². The Hall–Kier alpha value is -2.82. The standard InChI is InChI=1S/C18H20N2O3/c1-3-22-16-7-9-17(10-8-16)23-13-18(21)20-19-12-15-6-4-5-14(2)11-15/h4-12H,3,13H2,1-2H3,(H,20,21)/b19-12-. The molecule has 2 aromatic carbocycles. The topological polar surface area (TPSA) is 59.9 Å². The largest absolute Gasteiger partial charge is 0.494 e. The first kappa shape index (κ1) is 16.5. The molecule has 5 heteroatoms. The van der Waals surface area contributed by atoms with Gasteiger partial charge in [-0.2, -0.15) is 5.10 Å². The first-order chi connectivity index (χ1) is 11.2. The lowest BCUT2D eigenvalue weighted by atomic mass is 10.2. The summed E-state index contributed by atoms with van der Waals surface area (Å²) in [6.45, 7) is 4.44. The Morgan fingerprint density at radius 3 is 2.48 bits per heavy atom. The van der Waals surface area contributed by atoms with E-state index >= 15 is 0 Å². The summed E-state index contributed by atoms with van der Waals surface area (Å²) in [5.74, 6) is 1.06. The predicted molar refractivity (Wildman–Crippen MR) is 90.0 cm³/mol. The molecule has 0 aliphatic carbocycles. The van der Waals surface area contributed by atoms with Crippen LogP contribution in [-0.4, -0.2) is 25.3 Å². The van der Waals surface area contributed by atoms with Crippen molar-refractivity contribution in [1.29, 1.82) is 0 Å². The van der Waals surface area contributed by atoms with E-state index in [1.54, 1.807) is 30.5 Å². The van der Waals surface area contributed by atoms with Crippen molar-refractivity contribution in [3.63, 3.8) is 0 Å². The number of hydrogen-bond acceptors (Lipinski definition) is 4. The highest BCUT2D eigenvalue weighted by Crippen LogP contribution is 2.17. The van der Waals surface area contributed by atoms with Gasteiger partial charge in [0.05, 0.1) is 12.8 Å². The van der Waals surface area contributed by atoms with Crippen molar-refractivity contribution >= 4 is 12.1 Å². The van der Waals surface area contributed by atoms with Gasteiger partial charge in [-0.25, -0.2) is 5.43 Å². The minimum atomic E-state index is -0.317. The van der Waals surface area contributed by atoms with Crippen LogP contribution in [0.1, 0.15) is 18.1 Å². The minimum absolute atomic E-state index is 0.0981. The molecule has 5 nitrogen and oxygen atoms in total. The molecule has 1 amide bonds. The van der Waals surface area contributed by atoms with Gasteiger partial charge in [-0.3, -0.25) is 4.79 Å². The van der Waals surface area contributed by atoms with Crippen molar-refractivity contribution < 1.29 is 14.3 Å². The Bertz CT molecular complexity index is 666. The van der Waals surface area contributed by atoms with E-state index in [1.165, 1.54) is 0 Å². The summed E-state index contributed by atoms with van der Waals surface area (Å²) in [5.41, 5.74) is 4.50. The minimum Gasteiger partial charge on any atom is -0.494 e. The number of hydrogen-bond donors (Lipinski definition) is 1. The number of ether oxygens (including phenoxy) is 2. The first-order valence-corrected chi connectivity index (χ1v) is 7.41. The fraction of sp³-hybridized carbons (Fsp3) is 0.222. The van der Waals surface area contributed by atoms with E-state index in [4.69, 9.17) is 9.47 Å². The average molecular weight is 312 g/mol. The van der Waals surface area contributed by atoms with Crippen molar-refractivity contribution in [1.82, 2.24) is 5.43 Å². The molecule has 0 fully saturated rings. The van der Waals surface area contributed by atoms with E-state index in [0.29, 0.717) is 12.4 Å². The smallest absolute Gasteiger partial charge is 0.277 e. The normalized spacial score (nSPS) is 10.5. The maximum atomic E-state index is 11.7. The number of benzene rings is 2. The van der Waals surface area contributed by atoms with Gasteiger partial charge in [0.15, 0.2) is 6.61 Å². The Kier molecular flexibility index (Phi) is 6.17. The quantitative estimate of drug-likeness (QED) is 0.631. The van der Waals surface area contributed by atoms with E-state index < -0.39 is 0 Å². The third kappa shape index (κ3) is 5.82. The number of nitrogens with zero attached hydrogens (tertiary/aromatic N) is 1. The van der Waals surface area contributed by atoms with Crippen LogP contribution in [0.25, 0.3) is 0 Å². The Morgan fingerprint density at radius 2 is 1.83 bits per heavy atom. The van der Waals surface area contributed by atoms with E-state index in [-0.39, 0.29) is 12.5 Å². The van der Waals surface area contributed by atoms with Crippen LogP contribution < -0.4 is 14.9 Å². The van der Waals surface area contributed by atoms with Gasteiger partial charge in [-0.05, 0) is 43.7 Å². The molecular formula is C18H20N2O3. The maximum Gasteiger partial charge on any atom is 0.277 e. The lowest BCUT2D eigenvalue weighted by molar-refractivity contribution is -0.123. The average Bonchev–Trinajstić information content (AvgIpc) is 2.55. The molecule has 0 unspecified atom stereocenters. The van der Waals surface area contributed by atoms with Gasteiger partial charge in [0.1, 0.15) is 11.5 Å². The molecule has 0 atom stereocenters. The highest BCUT2D eigenvalue weighted by Gasteiger charge is 2.01. The Balaban J connectivity index is 1.76. The van der Waals surface area contributed by atoms with Crippen molar-refractivity contribution in [3.05, 3.63) is 59.7 Å². The third-order valence-corrected chi connectivity index (χ3v) is 2.95. The Morgan fingerprint density at radius 1 is 1.13 bits per heavy atom. The maximum absolute atomic E-state index is 11.7. The molecule has 0 aromatic heterocycles. The monoisotopic (exact) mass is 312 g/mol. The fourth-order valence-electron chi connectivity index (χ4n) is 1.91. The summed E-state index contributed by atoms with van der Waals surface area (Å²) in [6.07, 6.45) is 1.60. The fourth-order valence-corrected chi connectivity index (χ4v) is 1.91. The first-order valence-electron chi connectivity index (χ1n) is 7.41. The zero-order chi connectivity index (χ0) is 16.5. The summed E-state index contributed by atoms with van der Waals surface area (Å²) in [5, 5.41) is 3.91. The van der Waals surface area contributed by atoms with Crippen LogP contribution in [0.2, 0.25) is 0 Å². The second-order valence-electron chi connectivity index (χ2n) is 4.90. The van der Waals surface area contributed by atoms with Crippen LogP contribution in [-0.2, 0) is 4.79 Å². The molecule has 23 heavy (non-hydrogen) atoms. The number of aryl methyl sites for hydroxylation is 1. The van der Waals surface area contributed by atoms with E-state index in [0.717, 1.165) is 16.9 Å². The van der Waals surface area contributed by atoms with Crippen molar-refractivity contribution in [2.75, 3.05) is 13.2 Å². The van der Waals surface area contributed by atoms with Crippen LogP contribution in [0, 0.1) is 6.92 Å². The molecule has 0 saturated carbocycles. The lowest BCUT2D eigenvalue weighted by Crippen LogP contribution is -2.24. The van der Waals surface area contributed by atoms with Crippen LogP contribution in [0.4, 0.5) is 0 Å². The molecule has 2 rings (SSSR count). The van der Waals surface area contributed by atoms with Gasteiger partial charge in [0.2, 0.25) is 0 Å². The molecular weight excluding hydrogens is 292 g/mol. The second-order valence-corrected chi connectivity index (χ2v) is 4.90. The van der Waals surface area contributed by atoms with Crippen LogP contribution in [0.15, 0.2) is 53.6 Å². The van der Waals surface area contributed by atoms with Crippen LogP contribution >= 0.6 is 0 Å². The van der Waals surface area contributed by atoms with Gasteiger partial charge in [0.25, 0.3) is 5.91 Å². The number of carbonyl (C=O) groups excluding carboxylic acids is 1. The van der Waals surface area contributed by atoms with E-state index in [1.807, 2.05) is 38.1 Å². The molecule has 0 spiro atoms. The molecule has 0 aliphatic heterocycles.